The van der Waals surface area contributed by atoms with E-state index >= 15 is 0 Å². The first-order chi connectivity index (χ1) is 19.0. The van der Waals surface area contributed by atoms with Crippen molar-refractivity contribution in [3.63, 3.8) is 0 Å². The molecule has 190 valence electrons. The smallest absolute Gasteiger partial charge is 0.115 e. The summed E-state index contributed by atoms with van der Waals surface area (Å²) in [5, 5.41) is 4.69. The largest absolute Gasteiger partial charge is 0.342 e. The van der Waals surface area contributed by atoms with Gasteiger partial charge in [0.1, 0.15) is 22.7 Å². The van der Waals surface area contributed by atoms with E-state index in [1.54, 1.807) is 12.4 Å². The third-order valence-corrected chi connectivity index (χ3v) is 8.90. The Kier molecular flexibility index (Phi) is 4.68. The van der Waals surface area contributed by atoms with E-state index in [-0.39, 0.29) is 0 Å². The van der Waals surface area contributed by atoms with Gasteiger partial charge >= 0.3 is 0 Å². The van der Waals surface area contributed by atoms with Gasteiger partial charge in [0.2, 0.25) is 0 Å². The van der Waals surface area contributed by atoms with Crippen LogP contribution in [0.15, 0.2) is 60.9 Å². The average molecular weight is 527 g/mol. The number of H-pyrrole nitrogens is 2. The highest BCUT2D eigenvalue weighted by Gasteiger charge is 2.18. The Labute approximate surface area is 228 Å². The summed E-state index contributed by atoms with van der Waals surface area (Å²) in [4.78, 5) is 26.4. The number of imidazole rings is 2. The SMILES string of the molecule is CC(C)c1nc2c(ccc3c4ccc(-c5ccc6c(c5)c5nccnc5c5[nH]c(C(C)C)nc65)cc4sc32)[nH]1. The maximum atomic E-state index is 4.97. The van der Waals surface area contributed by atoms with E-state index in [9.17, 15) is 0 Å². The van der Waals surface area contributed by atoms with Crippen molar-refractivity contribution in [2.75, 3.05) is 0 Å². The molecule has 39 heavy (non-hydrogen) atoms. The molecular weight excluding hydrogens is 500 g/mol. The lowest BCUT2D eigenvalue weighted by molar-refractivity contribution is 0.799. The van der Waals surface area contributed by atoms with Gasteiger partial charge in [-0.15, -0.1) is 11.3 Å². The quantitative estimate of drug-likeness (QED) is 0.225. The van der Waals surface area contributed by atoms with Crippen molar-refractivity contribution in [1.29, 1.82) is 0 Å². The van der Waals surface area contributed by atoms with Gasteiger partial charge in [-0.25, -0.2) is 9.97 Å². The zero-order valence-corrected chi connectivity index (χ0v) is 22.9. The molecule has 6 nitrogen and oxygen atoms in total. The molecular formula is C32H26N6S. The van der Waals surface area contributed by atoms with Gasteiger partial charge in [0.25, 0.3) is 0 Å². The lowest BCUT2D eigenvalue weighted by Gasteiger charge is -2.08. The molecule has 0 radical (unpaired) electrons. The second-order valence-corrected chi connectivity index (χ2v) is 12.0. The van der Waals surface area contributed by atoms with Crippen LogP contribution in [0.5, 0.6) is 0 Å². The highest BCUT2D eigenvalue weighted by molar-refractivity contribution is 7.26. The van der Waals surface area contributed by atoms with Gasteiger partial charge in [-0.2, -0.15) is 0 Å². The average Bonchev–Trinajstić information content (AvgIpc) is 3.67. The standard InChI is InChI=1S/C32H26N6S/c1-15(2)31-35-23-10-9-21-19-7-5-18(14-24(19)39-30(21)27(23)37-31)17-6-8-20-22(13-17)25-28(34-12-11-33-25)29-26(20)36-32(38-29)16(3)4/h5-16H,1-4H3,(H,35,37)(H,36,38). The van der Waals surface area contributed by atoms with Crippen molar-refractivity contribution >= 4 is 75.4 Å². The van der Waals surface area contributed by atoms with E-state index in [1.807, 2.05) is 11.3 Å². The van der Waals surface area contributed by atoms with Gasteiger partial charge in [0.05, 0.1) is 26.8 Å². The van der Waals surface area contributed by atoms with Crippen LogP contribution in [-0.2, 0) is 0 Å². The number of nitrogens with zero attached hydrogens (tertiary/aromatic N) is 4. The fraction of sp³-hybridized carbons (Fsp3) is 0.188. The van der Waals surface area contributed by atoms with Gasteiger partial charge < -0.3 is 9.97 Å². The Bertz CT molecular complexity index is 2250. The molecule has 0 bridgehead atoms. The minimum Gasteiger partial charge on any atom is -0.342 e. The summed E-state index contributed by atoms with van der Waals surface area (Å²) in [6.45, 7) is 8.64. The van der Waals surface area contributed by atoms with Crippen molar-refractivity contribution in [3.8, 4) is 11.1 Å². The first-order valence-corrected chi connectivity index (χ1v) is 14.2. The molecule has 4 heterocycles. The lowest BCUT2D eigenvalue weighted by atomic mass is 9.98. The minimum absolute atomic E-state index is 0.297. The molecule has 2 N–H and O–H groups in total. The van der Waals surface area contributed by atoms with Gasteiger partial charge in [-0.3, -0.25) is 9.97 Å². The predicted octanol–water partition coefficient (Wildman–Crippen LogP) is 8.82. The van der Waals surface area contributed by atoms with Crippen LogP contribution in [0.4, 0.5) is 0 Å². The predicted molar refractivity (Wildman–Crippen MR) is 163 cm³/mol. The van der Waals surface area contributed by atoms with Crippen LogP contribution in [0, 0.1) is 0 Å². The number of aromatic nitrogens is 6. The van der Waals surface area contributed by atoms with Crippen LogP contribution in [0.1, 0.15) is 51.2 Å². The van der Waals surface area contributed by atoms with Crippen molar-refractivity contribution in [2.45, 2.75) is 39.5 Å². The van der Waals surface area contributed by atoms with E-state index in [1.165, 1.54) is 25.7 Å². The fourth-order valence-electron chi connectivity index (χ4n) is 5.65. The van der Waals surface area contributed by atoms with E-state index in [4.69, 9.17) is 19.9 Å². The number of aromatic amines is 2. The molecule has 0 saturated carbocycles. The highest BCUT2D eigenvalue weighted by atomic mass is 32.1. The van der Waals surface area contributed by atoms with Crippen molar-refractivity contribution in [1.82, 2.24) is 29.9 Å². The van der Waals surface area contributed by atoms with Crippen LogP contribution in [-0.4, -0.2) is 29.9 Å². The normalized spacial score (nSPS) is 12.6. The summed E-state index contributed by atoms with van der Waals surface area (Å²) >= 11 is 1.82. The molecule has 0 atom stereocenters. The van der Waals surface area contributed by atoms with Crippen LogP contribution in [0.3, 0.4) is 0 Å². The maximum absolute atomic E-state index is 4.97. The Morgan fingerprint density at radius 1 is 0.615 bits per heavy atom. The molecule has 0 aliphatic carbocycles. The molecule has 8 rings (SSSR count). The van der Waals surface area contributed by atoms with E-state index in [0.717, 1.165) is 61.1 Å². The number of rotatable bonds is 3. The Hall–Kier alpha value is -4.36. The molecule has 8 aromatic rings. The van der Waals surface area contributed by atoms with E-state index in [0.29, 0.717) is 11.8 Å². The third-order valence-electron chi connectivity index (χ3n) is 7.72. The van der Waals surface area contributed by atoms with E-state index < -0.39 is 0 Å². The second kappa shape index (κ2) is 8.07. The number of thiophene rings is 1. The Balaban J connectivity index is 1.34. The molecule has 7 heteroatoms. The molecule has 0 saturated heterocycles. The first-order valence-electron chi connectivity index (χ1n) is 13.4. The van der Waals surface area contributed by atoms with Gasteiger partial charge in [0.15, 0.2) is 0 Å². The van der Waals surface area contributed by atoms with Gasteiger partial charge in [0, 0.05) is 50.5 Å². The number of fused-ring (bicyclic) bond motifs is 11. The van der Waals surface area contributed by atoms with Crippen molar-refractivity contribution in [2.24, 2.45) is 0 Å². The molecule has 4 aromatic carbocycles. The zero-order chi connectivity index (χ0) is 26.4. The van der Waals surface area contributed by atoms with Crippen LogP contribution in [0.25, 0.3) is 75.2 Å². The monoisotopic (exact) mass is 526 g/mol. The Morgan fingerprint density at radius 3 is 2.08 bits per heavy atom. The number of hydrogen-bond acceptors (Lipinski definition) is 5. The summed E-state index contributed by atoms with van der Waals surface area (Å²) < 4.78 is 2.50. The molecule has 0 unspecified atom stereocenters. The highest BCUT2D eigenvalue weighted by Crippen LogP contribution is 2.41. The summed E-state index contributed by atoms with van der Waals surface area (Å²) in [7, 11) is 0. The molecule has 0 fully saturated rings. The van der Waals surface area contributed by atoms with Crippen LogP contribution in [0.2, 0.25) is 0 Å². The second-order valence-electron chi connectivity index (χ2n) is 10.9. The summed E-state index contributed by atoms with van der Waals surface area (Å²) in [5.74, 6) is 2.66. The molecule has 4 aromatic heterocycles. The summed E-state index contributed by atoms with van der Waals surface area (Å²) in [6.07, 6.45) is 3.52. The lowest BCUT2D eigenvalue weighted by Crippen LogP contribution is -1.89. The topological polar surface area (TPSA) is 83.1 Å². The van der Waals surface area contributed by atoms with Crippen molar-refractivity contribution < 1.29 is 0 Å². The van der Waals surface area contributed by atoms with Crippen LogP contribution < -0.4 is 0 Å². The molecule has 0 aliphatic rings. The van der Waals surface area contributed by atoms with Gasteiger partial charge in [-0.1, -0.05) is 58.0 Å². The molecule has 0 amide bonds. The first kappa shape index (κ1) is 22.6. The number of nitrogens with one attached hydrogen (secondary N) is 2. The minimum atomic E-state index is 0.297. The number of hydrogen-bond donors (Lipinski definition) is 2. The van der Waals surface area contributed by atoms with Gasteiger partial charge in [-0.05, 0) is 29.3 Å². The molecule has 0 aliphatic heterocycles. The third kappa shape index (κ3) is 3.26. The maximum Gasteiger partial charge on any atom is 0.115 e. The number of benzene rings is 4. The summed E-state index contributed by atoms with van der Waals surface area (Å²) in [5.41, 5.74) is 8.17. The van der Waals surface area contributed by atoms with E-state index in [2.05, 4.69) is 86.2 Å². The van der Waals surface area contributed by atoms with Crippen molar-refractivity contribution in [3.05, 3.63) is 72.6 Å². The summed E-state index contributed by atoms with van der Waals surface area (Å²) in [6, 6.07) is 17.8. The zero-order valence-electron chi connectivity index (χ0n) is 22.1. The van der Waals surface area contributed by atoms with Crippen LogP contribution >= 0.6 is 11.3 Å². The molecule has 0 spiro atoms. The fourth-order valence-corrected chi connectivity index (χ4v) is 6.89. The Morgan fingerprint density at radius 2 is 1.28 bits per heavy atom.